The molecule has 2 saturated carbocycles. The Morgan fingerprint density at radius 2 is 1.63 bits per heavy atom. The molecule has 0 aromatic heterocycles. The summed E-state index contributed by atoms with van der Waals surface area (Å²) in [4.78, 5) is 45.4. The lowest BCUT2D eigenvalue weighted by atomic mass is 9.71. The van der Waals surface area contributed by atoms with E-state index >= 15 is 0 Å². The number of nitrogens with zero attached hydrogens (tertiary/aromatic N) is 2. The molecule has 9 nitrogen and oxygen atoms in total. The molecule has 35 heavy (non-hydrogen) atoms. The average molecular weight is 476 g/mol. The third-order valence-electron chi connectivity index (χ3n) is 7.73. The van der Waals surface area contributed by atoms with Crippen molar-refractivity contribution in [3.05, 3.63) is 48.0 Å². The fraction of sp³-hybridized carbons (Fsp3) is 0.385. The monoisotopic (exact) mass is 476 g/mol. The number of ether oxygens (including phenoxy) is 3. The highest BCUT2D eigenvalue weighted by Gasteiger charge is 2.70. The van der Waals surface area contributed by atoms with Crippen LogP contribution in [0.3, 0.4) is 0 Å². The first-order valence-electron chi connectivity index (χ1n) is 11.5. The van der Waals surface area contributed by atoms with Crippen molar-refractivity contribution < 1.29 is 33.4 Å². The van der Waals surface area contributed by atoms with E-state index in [1.165, 1.54) is 11.8 Å². The van der Waals surface area contributed by atoms with E-state index in [9.17, 15) is 14.4 Å². The molecule has 9 heteroatoms. The first kappa shape index (κ1) is 21.6. The van der Waals surface area contributed by atoms with Crippen LogP contribution in [-0.2, 0) is 19.2 Å². The van der Waals surface area contributed by atoms with Crippen molar-refractivity contribution in [2.75, 3.05) is 19.1 Å². The molecule has 2 bridgehead atoms. The van der Waals surface area contributed by atoms with E-state index in [-0.39, 0.29) is 35.7 Å². The Labute approximate surface area is 201 Å². The molecule has 0 unspecified atom stereocenters. The van der Waals surface area contributed by atoms with Crippen molar-refractivity contribution >= 4 is 29.2 Å². The third kappa shape index (κ3) is 3.07. The Morgan fingerprint density at radius 3 is 2.29 bits per heavy atom. The lowest BCUT2D eigenvalue weighted by Gasteiger charge is -2.30. The van der Waals surface area contributed by atoms with Gasteiger partial charge in [-0.25, -0.2) is 0 Å². The second-order valence-corrected chi connectivity index (χ2v) is 9.35. The Bertz CT molecular complexity index is 1270. The molecule has 3 fully saturated rings. The number of benzene rings is 2. The van der Waals surface area contributed by atoms with Crippen molar-refractivity contribution in [1.82, 2.24) is 0 Å². The molecule has 6 atom stereocenters. The summed E-state index contributed by atoms with van der Waals surface area (Å²) < 4.78 is 16.0. The molecular weight excluding hydrogens is 452 g/mol. The highest BCUT2D eigenvalue weighted by atomic mass is 16.6. The molecule has 6 rings (SSSR count). The molecule has 0 radical (unpaired) electrons. The Kier molecular flexibility index (Phi) is 4.84. The summed E-state index contributed by atoms with van der Waals surface area (Å²) in [6.07, 6.45) is 0.505. The molecule has 2 amide bonds. The lowest BCUT2D eigenvalue weighted by Crippen LogP contribution is -2.41. The van der Waals surface area contributed by atoms with Crippen LogP contribution in [0.5, 0.6) is 17.2 Å². The number of hydrogen-bond donors (Lipinski definition) is 0. The Balaban J connectivity index is 1.30. The standard InChI is InChI=1S/C26H24N2O7/c1-12(29)34-14-6-4-13(5-7-14)28-25(30)20-17-11-18(21(20)26(28)31)24-22(17)23(27-35-24)16-9-8-15(32-2)10-19(16)33-3/h4-10,17-18,20-22,24H,11H2,1-3H3/t17-,18+,20-,21+,22-,24-/m1/s1. The van der Waals surface area contributed by atoms with E-state index < -0.39 is 17.8 Å². The van der Waals surface area contributed by atoms with Crippen LogP contribution in [0.25, 0.3) is 0 Å². The number of hydrogen-bond acceptors (Lipinski definition) is 8. The van der Waals surface area contributed by atoms with Crippen LogP contribution in [0.1, 0.15) is 18.9 Å². The molecule has 0 spiro atoms. The van der Waals surface area contributed by atoms with Crippen LogP contribution in [-0.4, -0.2) is 43.8 Å². The predicted octanol–water partition coefficient (Wildman–Crippen LogP) is 2.80. The first-order valence-corrected chi connectivity index (χ1v) is 11.5. The molecule has 180 valence electrons. The van der Waals surface area contributed by atoms with E-state index in [0.29, 0.717) is 22.9 Å². The largest absolute Gasteiger partial charge is 0.497 e. The van der Waals surface area contributed by atoms with Gasteiger partial charge in [0.1, 0.15) is 23.4 Å². The smallest absolute Gasteiger partial charge is 0.308 e. The second-order valence-electron chi connectivity index (χ2n) is 9.35. The summed E-state index contributed by atoms with van der Waals surface area (Å²) in [6, 6.07) is 12.0. The summed E-state index contributed by atoms with van der Waals surface area (Å²) in [7, 11) is 3.18. The first-order chi connectivity index (χ1) is 16.9. The van der Waals surface area contributed by atoms with Crippen LogP contribution in [0, 0.1) is 29.6 Å². The maximum absolute atomic E-state index is 13.6. The van der Waals surface area contributed by atoms with Gasteiger partial charge in [-0.15, -0.1) is 0 Å². The van der Waals surface area contributed by atoms with E-state index in [4.69, 9.17) is 19.0 Å². The molecule has 2 aliphatic heterocycles. The fourth-order valence-corrected chi connectivity index (χ4v) is 6.44. The second kappa shape index (κ2) is 7.83. The minimum absolute atomic E-state index is 0.0511. The van der Waals surface area contributed by atoms with Crippen molar-refractivity contribution in [3.63, 3.8) is 0 Å². The van der Waals surface area contributed by atoms with Crippen LogP contribution in [0.4, 0.5) is 5.69 Å². The Morgan fingerprint density at radius 1 is 0.943 bits per heavy atom. The van der Waals surface area contributed by atoms with Crippen LogP contribution in [0.2, 0.25) is 0 Å². The van der Waals surface area contributed by atoms with Gasteiger partial charge in [0.15, 0.2) is 0 Å². The molecular formula is C26H24N2O7. The van der Waals surface area contributed by atoms with Gasteiger partial charge in [-0.1, -0.05) is 5.16 Å². The predicted molar refractivity (Wildman–Crippen MR) is 123 cm³/mol. The summed E-state index contributed by atoms with van der Waals surface area (Å²) >= 11 is 0. The maximum Gasteiger partial charge on any atom is 0.308 e. The van der Waals surface area contributed by atoms with Gasteiger partial charge in [-0.3, -0.25) is 19.3 Å². The molecule has 2 aliphatic carbocycles. The highest BCUT2D eigenvalue weighted by molar-refractivity contribution is 6.23. The molecule has 4 aliphatic rings. The van der Waals surface area contributed by atoms with Crippen LogP contribution >= 0.6 is 0 Å². The molecule has 0 N–H and O–H groups in total. The van der Waals surface area contributed by atoms with Gasteiger partial charge >= 0.3 is 5.97 Å². The van der Waals surface area contributed by atoms with Gasteiger partial charge in [0.05, 0.1) is 37.5 Å². The summed E-state index contributed by atoms with van der Waals surface area (Å²) in [6.45, 7) is 1.32. The topological polar surface area (TPSA) is 104 Å². The van der Waals surface area contributed by atoms with E-state index in [1.807, 2.05) is 12.1 Å². The molecule has 1 saturated heterocycles. The summed E-state index contributed by atoms with van der Waals surface area (Å²) in [5.41, 5.74) is 2.03. The Hall–Kier alpha value is -3.88. The number of methoxy groups -OCH3 is 2. The van der Waals surface area contributed by atoms with Crippen molar-refractivity contribution in [1.29, 1.82) is 0 Å². The summed E-state index contributed by atoms with van der Waals surface area (Å²) in [5, 5.41) is 4.40. The number of fused-ring (bicyclic) bond motifs is 8. The SMILES string of the molecule is COc1ccc(C2=NO[C@@H]3[C@H]4C[C@H]([C@H]5C(=O)N(c6ccc(OC(C)=O)cc6)C(=O)[C@@H]45)[C@H]23)c(OC)c1. The van der Waals surface area contributed by atoms with Crippen molar-refractivity contribution in [3.8, 4) is 17.2 Å². The number of carbonyl (C=O) groups is 3. The number of carbonyl (C=O) groups excluding carboxylic acids is 3. The minimum Gasteiger partial charge on any atom is -0.497 e. The van der Waals surface area contributed by atoms with Gasteiger partial charge in [0, 0.05) is 30.4 Å². The van der Waals surface area contributed by atoms with Gasteiger partial charge in [-0.2, -0.15) is 0 Å². The van der Waals surface area contributed by atoms with Gasteiger partial charge < -0.3 is 19.0 Å². The average Bonchev–Trinajstić information content (AvgIpc) is 3.59. The fourth-order valence-electron chi connectivity index (χ4n) is 6.44. The maximum atomic E-state index is 13.6. The number of oxime groups is 1. The van der Waals surface area contributed by atoms with Crippen LogP contribution in [0.15, 0.2) is 47.6 Å². The van der Waals surface area contributed by atoms with E-state index in [2.05, 4.69) is 5.16 Å². The molecule has 2 heterocycles. The van der Waals surface area contributed by atoms with Gasteiger partial charge in [0.25, 0.3) is 0 Å². The molecule has 2 aromatic rings. The highest BCUT2D eigenvalue weighted by Crippen LogP contribution is 2.62. The van der Waals surface area contributed by atoms with Crippen LogP contribution < -0.4 is 19.1 Å². The number of imide groups is 1. The van der Waals surface area contributed by atoms with Crippen molar-refractivity contribution in [2.24, 2.45) is 34.7 Å². The van der Waals surface area contributed by atoms with Gasteiger partial charge in [-0.05, 0) is 48.7 Å². The zero-order valence-electron chi connectivity index (χ0n) is 19.5. The minimum atomic E-state index is -0.435. The zero-order chi connectivity index (χ0) is 24.4. The third-order valence-corrected chi connectivity index (χ3v) is 7.73. The van der Waals surface area contributed by atoms with Crippen molar-refractivity contribution in [2.45, 2.75) is 19.4 Å². The number of amides is 2. The van der Waals surface area contributed by atoms with E-state index in [0.717, 1.165) is 17.7 Å². The van der Waals surface area contributed by atoms with E-state index in [1.54, 1.807) is 44.6 Å². The number of esters is 1. The zero-order valence-corrected chi connectivity index (χ0v) is 19.5. The molecule has 2 aromatic carbocycles. The quantitative estimate of drug-likeness (QED) is 0.371. The summed E-state index contributed by atoms with van der Waals surface area (Å²) in [5.74, 6) is -0.251. The normalized spacial score (nSPS) is 30.0. The number of anilines is 1. The van der Waals surface area contributed by atoms with Gasteiger partial charge in [0.2, 0.25) is 11.8 Å². The number of rotatable bonds is 5. The lowest BCUT2D eigenvalue weighted by molar-refractivity contribution is -0.132.